The van der Waals surface area contributed by atoms with E-state index in [1.807, 2.05) is 0 Å². The molecule has 306 valence electrons. The Hall–Kier alpha value is -6.67. The molecule has 0 aliphatic rings. The van der Waals surface area contributed by atoms with E-state index in [2.05, 4.69) is 111 Å². The number of hydrogen-bond donors (Lipinski definition) is 4. The predicted molar refractivity (Wildman–Crippen MR) is 225 cm³/mol. The number of carbonyl (C=O) groups is 5. The number of Topliss-reactive ketones (excluding diaryl/α,β-unsaturated/α-hetero) is 2. The summed E-state index contributed by atoms with van der Waals surface area (Å²) in [6.07, 6.45) is 4.77. The Balaban J connectivity index is 2.46. The molecular formula is C48H51N3O8. The van der Waals surface area contributed by atoms with Crippen molar-refractivity contribution in [3.8, 4) is 94.7 Å². The lowest BCUT2D eigenvalue weighted by atomic mass is 10.0. The Morgan fingerprint density at radius 1 is 0.661 bits per heavy atom. The van der Waals surface area contributed by atoms with E-state index in [0.29, 0.717) is 83.0 Å². The maximum absolute atomic E-state index is 13.1. The summed E-state index contributed by atoms with van der Waals surface area (Å²) in [6, 6.07) is 5.95. The summed E-state index contributed by atoms with van der Waals surface area (Å²) in [6.45, 7) is 8.02. The molecule has 59 heavy (non-hydrogen) atoms. The van der Waals surface area contributed by atoms with Gasteiger partial charge in [-0.1, -0.05) is 18.1 Å². The number of carbonyl (C=O) groups excluding carboxylic acids is 5. The minimum atomic E-state index is -0.934. The van der Waals surface area contributed by atoms with Gasteiger partial charge in [-0.2, -0.15) is 0 Å². The van der Waals surface area contributed by atoms with Crippen LogP contribution in [0.2, 0.25) is 0 Å². The van der Waals surface area contributed by atoms with Crippen LogP contribution in [0.5, 0.6) is 0 Å². The lowest BCUT2D eigenvalue weighted by Gasteiger charge is -2.26. The second-order valence-electron chi connectivity index (χ2n) is 13.0. The van der Waals surface area contributed by atoms with Gasteiger partial charge in [-0.15, -0.1) is 0 Å². The van der Waals surface area contributed by atoms with Crippen LogP contribution in [0.25, 0.3) is 0 Å². The summed E-state index contributed by atoms with van der Waals surface area (Å²) in [5, 5.41) is 17.3. The third kappa shape index (κ3) is 28.4. The van der Waals surface area contributed by atoms with Gasteiger partial charge in [0.15, 0.2) is 11.6 Å². The van der Waals surface area contributed by atoms with Gasteiger partial charge in [-0.05, 0) is 166 Å². The molecule has 0 aliphatic carbocycles. The van der Waals surface area contributed by atoms with Crippen LogP contribution in [-0.2, 0) is 35.3 Å². The standard InChI is InChI=1S/C48H51N3O8/c1-5-6-7-8-9-10-11-12-13-14-15-16-17-18-19-30-46(56)51-44(28-21-23-35-49-40(2)53)45(55)29-25-38-59-48(3,4)58-37-24-27-43(54)26-20-22-36-50-47(57)42-33-31-41(39-52)32-34-42/h31-34,44,52H,20-29,35-39H2,1-4H3,(H,49,53)(H,50,57)(H,51,56). The molecule has 1 aromatic carbocycles. The number of ether oxygens (including phenoxy) is 2. The van der Waals surface area contributed by atoms with Crippen molar-refractivity contribution in [3.63, 3.8) is 0 Å². The van der Waals surface area contributed by atoms with Gasteiger partial charge in [0.2, 0.25) is 5.91 Å². The highest BCUT2D eigenvalue weighted by Crippen LogP contribution is 2.15. The molecule has 1 unspecified atom stereocenters. The van der Waals surface area contributed by atoms with Gasteiger partial charge in [0.25, 0.3) is 11.8 Å². The maximum atomic E-state index is 13.1. The van der Waals surface area contributed by atoms with E-state index in [9.17, 15) is 24.0 Å². The molecule has 11 nitrogen and oxygen atoms in total. The van der Waals surface area contributed by atoms with Crippen molar-refractivity contribution in [1.29, 1.82) is 0 Å². The molecule has 0 aromatic heterocycles. The Labute approximate surface area is 349 Å². The molecule has 0 saturated heterocycles. The van der Waals surface area contributed by atoms with Crippen LogP contribution in [0.1, 0.15) is 108 Å². The second-order valence-corrected chi connectivity index (χ2v) is 13.0. The first-order chi connectivity index (χ1) is 28.5. The lowest BCUT2D eigenvalue weighted by molar-refractivity contribution is -0.214. The fraction of sp³-hybridized carbons (Fsp3) is 0.438. The van der Waals surface area contributed by atoms with Crippen molar-refractivity contribution < 1.29 is 38.6 Å². The van der Waals surface area contributed by atoms with Crippen molar-refractivity contribution in [2.75, 3.05) is 26.3 Å². The van der Waals surface area contributed by atoms with Crippen LogP contribution in [0, 0.1) is 94.7 Å². The molecule has 1 atom stereocenters. The van der Waals surface area contributed by atoms with Crippen LogP contribution < -0.4 is 16.0 Å². The summed E-state index contributed by atoms with van der Waals surface area (Å²) in [5.74, 6) is 37.8. The van der Waals surface area contributed by atoms with E-state index in [-0.39, 0.29) is 43.0 Å². The van der Waals surface area contributed by atoms with E-state index in [0.717, 1.165) is 5.56 Å². The smallest absolute Gasteiger partial charge is 0.297 e. The monoisotopic (exact) mass is 797 g/mol. The minimum Gasteiger partial charge on any atom is -0.392 e. The number of nitrogens with one attached hydrogen (secondary N) is 3. The molecular weight excluding hydrogens is 747 g/mol. The van der Waals surface area contributed by atoms with E-state index < -0.39 is 17.7 Å². The average molecular weight is 798 g/mol. The van der Waals surface area contributed by atoms with Crippen molar-refractivity contribution in [1.82, 2.24) is 16.0 Å². The highest BCUT2D eigenvalue weighted by molar-refractivity contribution is 5.98. The first-order valence-electron chi connectivity index (χ1n) is 19.3. The van der Waals surface area contributed by atoms with Crippen LogP contribution in [0.3, 0.4) is 0 Å². The Bertz CT molecular complexity index is 2100. The van der Waals surface area contributed by atoms with Gasteiger partial charge in [-0.3, -0.25) is 24.0 Å². The Morgan fingerprint density at radius 2 is 1.17 bits per heavy atom. The highest BCUT2D eigenvalue weighted by Gasteiger charge is 2.22. The molecule has 0 heterocycles. The molecule has 0 saturated carbocycles. The van der Waals surface area contributed by atoms with Gasteiger partial charge in [-0.25, -0.2) is 0 Å². The SMILES string of the molecule is CC#CC#CC#CC#CC#CC#CC#CC#CC(=O)NC(CCCCNC(C)=O)C(=O)CCCOC(C)(C)OCCCC(=O)CCCCNC(=O)c1ccc(CO)cc1. The molecule has 0 radical (unpaired) electrons. The van der Waals surface area contributed by atoms with E-state index in [1.165, 1.54) is 6.92 Å². The van der Waals surface area contributed by atoms with E-state index in [4.69, 9.17) is 14.6 Å². The van der Waals surface area contributed by atoms with Crippen LogP contribution in [-0.4, -0.2) is 72.5 Å². The van der Waals surface area contributed by atoms with Gasteiger partial charge >= 0.3 is 0 Å². The average Bonchev–Trinajstić information content (AvgIpc) is 3.21. The fourth-order valence-corrected chi connectivity index (χ4v) is 4.78. The number of aliphatic hydroxyl groups excluding tert-OH is 1. The van der Waals surface area contributed by atoms with Crippen molar-refractivity contribution >= 4 is 29.3 Å². The molecule has 1 rings (SSSR count). The van der Waals surface area contributed by atoms with Crippen molar-refractivity contribution in [2.45, 2.75) is 110 Å². The number of aliphatic hydroxyl groups is 1. The third-order valence-corrected chi connectivity index (χ3v) is 7.73. The summed E-state index contributed by atoms with van der Waals surface area (Å²) in [5.41, 5.74) is 1.25. The number of ketones is 2. The molecule has 0 aliphatic heterocycles. The van der Waals surface area contributed by atoms with E-state index in [1.54, 1.807) is 45.0 Å². The summed E-state index contributed by atoms with van der Waals surface area (Å²) in [7, 11) is 0. The third-order valence-electron chi connectivity index (χ3n) is 7.73. The number of amides is 3. The Kier molecular flexibility index (Phi) is 27.7. The lowest BCUT2D eigenvalue weighted by Crippen LogP contribution is -2.40. The zero-order valence-electron chi connectivity index (χ0n) is 34.3. The van der Waals surface area contributed by atoms with E-state index >= 15 is 0 Å². The zero-order valence-corrected chi connectivity index (χ0v) is 34.3. The molecule has 4 N–H and O–H groups in total. The Morgan fingerprint density at radius 3 is 1.73 bits per heavy atom. The fourth-order valence-electron chi connectivity index (χ4n) is 4.78. The highest BCUT2D eigenvalue weighted by atomic mass is 16.7. The van der Waals surface area contributed by atoms with Crippen LogP contribution >= 0.6 is 0 Å². The largest absolute Gasteiger partial charge is 0.392 e. The number of benzene rings is 1. The van der Waals surface area contributed by atoms with Crippen molar-refractivity contribution in [2.24, 2.45) is 0 Å². The zero-order chi connectivity index (χ0) is 43.4. The quantitative estimate of drug-likeness (QED) is 0.0705. The molecule has 0 fully saturated rings. The van der Waals surface area contributed by atoms with Gasteiger partial charge in [0.05, 0.1) is 25.9 Å². The number of rotatable bonds is 24. The van der Waals surface area contributed by atoms with Crippen LogP contribution in [0.4, 0.5) is 0 Å². The number of hydrogen-bond acceptors (Lipinski definition) is 8. The molecule has 0 bridgehead atoms. The van der Waals surface area contributed by atoms with Crippen LogP contribution in [0.15, 0.2) is 24.3 Å². The molecule has 11 heteroatoms. The molecule has 1 aromatic rings. The summed E-state index contributed by atoms with van der Waals surface area (Å²) >= 11 is 0. The van der Waals surface area contributed by atoms with Gasteiger partial charge in [0.1, 0.15) is 5.78 Å². The molecule has 0 spiro atoms. The van der Waals surface area contributed by atoms with Crippen molar-refractivity contribution in [3.05, 3.63) is 35.4 Å². The molecule has 3 amide bonds. The summed E-state index contributed by atoms with van der Waals surface area (Å²) in [4.78, 5) is 61.4. The predicted octanol–water partition coefficient (Wildman–Crippen LogP) is 3.39. The second kappa shape index (κ2) is 32.4. The first kappa shape index (κ1) is 50.3. The minimum absolute atomic E-state index is 0.0782. The summed E-state index contributed by atoms with van der Waals surface area (Å²) < 4.78 is 11.7. The first-order valence-corrected chi connectivity index (χ1v) is 19.3. The topological polar surface area (TPSA) is 160 Å². The number of unbranched alkanes of at least 4 members (excludes halogenated alkanes) is 2. The normalized spacial score (nSPS) is 9.78. The van der Waals surface area contributed by atoms with Gasteiger partial charge < -0.3 is 30.5 Å². The van der Waals surface area contributed by atoms with Gasteiger partial charge in [0, 0.05) is 50.8 Å². The maximum Gasteiger partial charge on any atom is 0.297 e.